The Kier molecular flexibility index (Phi) is 4.93. The molecule has 0 aromatic rings. The largest absolute Gasteiger partial charge is 0.502 e. The first-order valence-electron chi connectivity index (χ1n) is 6.50. The number of hydrogen-bond acceptors (Lipinski definition) is 4. The Morgan fingerprint density at radius 2 is 2.11 bits per heavy atom. The highest BCUT2D eigenvalue weighted by atomic mass is 16.5. The van der Waals surface area contributed by atoms with Crippen molar-refractivity contribution >= 4 is 11.8 Å². The third-order valence-corrected chi connectivity index (χ3v) is 3.23. The van der Waals surface area contributed by atoms with Gasteiger partial charge in [-0.05, 0) is 24.7 Å². The lowest BCUT2D eigenvalue weighted by Crippen LogP contribution is -2.26. The number of rotatable bonds is 4. The molecule has 0 bridgehead atoms. The molecule has 18 heavy (non-hydrogen) atoms. The Morgan fingerprint density at radius 1 is 1.44 bits per heavy atom. The van der Waals surface area contributed by atoms with Gasteiger partial charge in [-0.3, -0.25) is 4.79 Å². The van der Waals surface area contributed by atoms with Gasteiger partial charge in [-0.2, -0.15) is 0 Å². The number of esters is 1. The Bertz CT molecular complexity index is 366. The molecule has 1 N–H and O–H groups in total. The number of ketones is 1. The average Bonchev–Trinajstić information content (AvgIpc) is 2.31. The number of carbonyl (C=O) groups is 2. The predicted molar refractivity (Wildman–Crippen MR) is 68.2 cm³/mol. The van der Waals surface area contributed by atoms with Crippen LogP contribution in [-0.4, -0.2) is 23.5 Å². The molecule has 0 unspecified atom stereocenters. The van der Waals surface area contributed by atoms with E-state index in [1.165, 1.54) is 0 Å². The van der Waals surface area contributed by atoms with E-state index in [0.717, 1.165) is 19.3 Å². The lowest BCUT2D eigenvalue weighted by Gasteiger charge is -2.30. The SMILES string of the molecule is CCCCOC(=O)/C(O)=C1\CC(C)(C)CCC1=O. The van der Waals surface area contributed by atoms with Crippen LogP contribution in [0.3, 0.4) is 0 Å². The maximum Gasteiger partial charge on any atom is 0.373 e. The summed E-state index contributed by atoms with van der Waals surface area (Å²) in [7, 11) is 0. The van der Waals surface area contributed by atoms with Crippen LogP contribution >= 0.6 is 0 Å². The first kappa shape index (κ1) is 14.7. The molecule has 0 spiro atoms. The van der Waals surface area contributed by atoms with Crippen molar-refractivity contribution in [2.75, 3.05) is 6.61 Å². The summed E-state index contributed by atoms with van der Waals surface area (Å²) in [5, 5.41) is 9.83. The molecule has 0 aliphatic heterocycles. The van der Waals surface area contributed by atoms with Gasteiger partial charge in [0.25, 0.3) is 0 Å². The number of ether oxygens (including phenoxy) is 1. The molecule has 4 nitrogen and oxygen atoms in total. The Morgan fingerprint density at radius 3 is 2.72 bits per heavy atom. The van der Waals surface area contributed by atoms with E-state index in [9.17, 15) is 14.7 Å². The number of aliphatic hydroxyl groups excluding tert-OH is 1. The van der Waals surface area contributed by atoms with Crippen LogP contribution in [0, 0.1) is 5.41 Å². The lowest BCUT2D eigenvalue weighted by atomic mass is 9.74. The summed E-state index contributed by atoms with van der Waals surface area (Å²) >= 11 is 0. The molecule has 0 amide bonds. The van der Waals surface area contributed by atoms with Gasteiger partial charge in [0.2, 0.25) is 5.76 Å². The fraction of sp³-hybridized carbons (Fsp3) is 0.714. The summed E-state index contributed by atoms with van der Waals surface area (Å²) < 4.78 is 4.91. The van der Waals surface area contributed by atoms with Crippen molar-refractivity contribution in [1.29, 1.82) is 0 Å². The quantitative estimate of drug-likeness (QED) is 0.362. The molecule has 1 fully saturated rings. The van der Waals surface area contributed by atoms with E-state index >= 15 is 0 Å². The number of hydrogen-bond donors (Lipinski definition) is 1. The molecule has 1 saturated carbocycles. The molecular weight excluding hydrogens is 232 g/mol. The van der Waals surface area contributed by atoms with Crippen molar-refractivity contribution in [3.05, 3.63) is 11.3 Å². The zero-order chi connectivity index (χ0) is 13.8. The fourth-order valence-corrected chi connectivity index (χ4v) is 1.98. The molecule has 1 rings (SSSR count). The lowest BCUT2D eigenvalue weighted by molar-refractivity contribution is -0.142. The third-order valence-electron chi connectivity index (χ3n) is 3.23. The molecule has 0 aromatic carbocycles. The minimum absolute atomic E-state index is 0.0546. The second kappa shape index (κ2) is 6.03. The summed E-state index contributed by atoms with van der Waals surface area (Å²) in [6.45, 7) is 6.31. The van der Waals surface area contributed by atoms with E-state index in [1.54, 1.807) is 0 Å². The van der Waals surface area contributed by atoms with Gasteiger partial charge in [-0.15, -0.1) is 0 Å². The zero-order valence-corrected chi connectivity index (χ0v) is 11.4. The molecular formula is C14H22O4. The predicted octanol–water partition coefficient (Wildman–Crippen LogP) is 2.92. The van der Waals surface area contributed by atoms with Gasteiger partial charge in [-0.1, -0.05) is 27.2 Å². The monoisotopic (exact) mass is 254 g/mol. The van der Waals surface area contributed by atoms with Crippen LogP contribution in [-0.2, 0) is 14.3 Å². The van der Waals surface area contributed by atoms with E-state index < -0.39 is 11.7 Å². The summed E-state index contributed by atoms with van der Waals surface area (Å²) in [5.41, 5.74) is 0.175. The van der Waals surface area contributed by atoms with E-state index in [1.807, 2.05) is 20.8 Å². The number of Topliss-reactive ketones (excluding diaryl/α,β-unsaturated/α-hetero) is 1. The van der Waals surface area contributed by atoms with E-state index in [-0.39, 0.29) is 23.4 Å². The molecule has 0 atom stereocenters. The van der Waals surface area contributed by atoms with Crippen molar-refractivity contribution in [2.45, 2.75) is 52.9 Å². The highest BCUT2D eigenvalue weighted by molar-refractivity contribution is 6.03. The minimum atomic E-state index is -0.774. The van der Waals surface area contributed by atoms with E-state index in [2.05, 4.69) is 0 Å². The number of unbranched alkanes of at least 4 members (excludes halogenated alkanes) is 1. The molecule has 0 heterocycles. The van der Waals surface area contributed by atoms with Crippen LogP contribution < -0.4 is 0 Å². The summed E-state index contributed by atoms with van der Waals surface area (Å²) in [4.78, 5) is 23.3. The first-order chi connectivity index (χ1) is 8.37. The van der Waals surface area contributed by atoms with Gasteiger partial charge in [0.15, 0.2) is 5.78 Å². The second-order valence-electron chi connectivity index (χ2n) is 5.58. The number of carbonyl (C=O) groups excluding carboxylic acids is 2. The van der Waals surface area contributed by atoms with Crippen molar-refractivity contribution in [3.63, 3.8) is 0 Å². The molecule has 0 radical (unpaired) electrons. The summed E-state index contributed by atoms with van der Waals surface area (Å²) in [6.07, 6.45) is 3.27. The normalized spacial score (nSPS) is 21.6. The maximum atomic E-state index is 11.7. The van der Waals surface area contributed by atoms with Crippen LogP contribution in [0.25, 0.3) is 0 Å². The third kappa shape index (κ3) is 3.86. The van der Waals surface area contributed by atoms with Crippen LogP contribution in [0.15, 0.2) is 11.3 Å². The molecule has 4 heteroatoms. The van der Waals surface area contributed by atoms with Gasteiger partial charge < -0.3 is 9.84 Å². The van der Waals surface area contributed by atoms with Gasteiger partial charge >= 0.3 is 5.97 Å². The number of aliphatic hydroxyl groups is 1. The van der Waals surface area contributed by atoms with Crippen molar-refractivity contribution in [1.82, 2.24) is 0 Å². The average molecular weight is 254 g/mol. The van der Waals surface area contributed by atoms with Crippen LogP contribution in [0.1, 0.15) is 52.9 Å². The summed E-state index contributed by atoms with van der Waals surface area (Å²) in [6, 6.07) is 0. The highest BCUT2D eigenvalue weighted by Crippen LogP contribution is 2.37. The standard InChI is InChI=1S/C14H22O4/c1-4-5-8-18-13(17)12(16)10-9-14(2,3)7-6-11(10)15/h16H,4-9H2,1-3H3/b12-10-. The maximum absolute atomic E-state index is 11.7. The molecule has 1 aliphatic carbocycles. The minimum Gasteiger partial charge on any atom is -0.502 e. The topological polar surface area (TPSA) is 63.6 Å². The van der Waals surface area contributed by atoms with Crippen molar-refractivity contribution in [3.8, 4) is 0 Å². The van der Waals surface area contributed by atoms with Crippen molar-refractivity contribution in [2.24, 2.45) is 5.41 Å². The number of allylic oxidation sites excluding steroid dienone is 1. The van der Waals surface area contributed by atoms with Crippen LogP contribution in [0.2, 0.25) is 0 Å². The Hall–Kier alpha value is -1.32. The zero-order valence-electron chi connectivity index (χ0n) is 11.4. The van der Waals surface area contributed by atoms with E-state index in [0.29, 0.717) is 12.8 Å². The van der Waals surface area contributed by atoms with Crippen LogP contribution in [0.5, 0.6) is 0 Å². The Balaban J connectivity index is 2.76. The van der Waals surface area contributed by atoms with Gasteiger partial charge in [0.1, 0.15) is 0 Å². The molecule has 0 saturated heterocycles. The second-order valence-corrected chi connectivity index (χ2v) is 5.58. The Labute approximate surface area is 108 Å². The van der Waals surface area contributed by atoms with E-state index in [4.69, 9.17) is 4.74 Å². The first-order valence-corrected chi connectivity index (χ1v) is 6.50. The highest BCUT2D eigenvalue weighted by Gasteiger charge is 2.33. The fourth-order valence-electron chi connectivity index (χ4n) is 1.98. The van der Waals surface area contributed by atoms with Crippen molar-refractivity contribution < 1.29 is 19.4 Å². The van der Waals surface area contributed by atoms with Gasteiger partial charge in [-0.25, -0.2) is 4.79 Å². The molecule has 1 aliphatic rings. The smallest absolute Gasteiger partial charge is 0.373 e. The summed E-state index contributed by atoms with van der Waals surface area (Å²) in [5.74, 6) is -1.41. The van der Waals surface area contributed by atoms with Gasteiger partial charge in [0, 0.05) is 12.0 Å². The van der Waals surface area contributed by atoms with Crippen LogP contribution in [0.4, 0.5) is 0 Å². The molecule has 0 aromatic heterocycles. The van der Waals surface area contributed by atoms with Gasteiger partial charge in [0.05, 0.1) is 6.61 Å². The molecule has 102 valence electrons.